The minimum Gasteiger partial charge on any atom is -0.395 e. The van der Waals surface area contributed by atoms with E-state index in [1.54, 1.807) is 0 Å². The standard InChI is InChI=1S/C13H23NO.ClH/c15-2-1-14-9-13-6-10-3-11(7-13)5-12(4-10)8-13;/h10-12,14-15H,1-9H2;1H. The molecule has 4 bridgehead atoms. The fourth-order valence-electron chi connectivity index (χ4n) is 4.94. The van der Waals surface area contributed by atoms with Gasteiger partial charge >= 0.3 is 0 Å². The van der Waals surface area contributed by atoms with Crippen molar-refractivity contribution in [2.24, 2.45) is 23.2 Å². The van der Waals surface area contributed by atoms with Crippen molar-refractivity contribution in [3.8, 4) is 0 Å². The van der Waals surface area contributed by atoms with Crippen LogP contribution < -0.4 is 5.32 Å². The molecule has 0 spiro atoms. The maximum Gasteiger partial charge on any atom is 0.0555 e. The summed E-state index contributed by atoms with van der Waals surface area (Å²) in [6, 6.07) is 0. The van der Waals surface area contributed by atoms with E-state index >= 15 is 0 Å². The first-order valence-corrected chi connectivity index (χ1v) is 6.61. The Morgan fingerprint density at radius 3 is 1.94 bits per heavy atom. The van der Waals surface area contributed by atoms with E-state index in [4.69, 9.17) is 5.11 Å². The summed E-state index contributed by atoms with van der Waals surface area (Å²) in [5.74, 6) is 3.14. The van der Waals surface area contributed by atoms with E-state index in [0.717, 1.165) is 30.8 Å². The quantitative estimate of drug-likeness (QED) is 0.745. The van der Waals surface area contributed by atoms with Gasteiger partial charge in [0.1, 0.15) is 0 Å². The summed E-state index contributed by atoms with van der Waals surface area (Å²) >= 11 is 0. The number of aliphatic hydroxyl groups excluding tert-OH is 1. The Balaban J connectivity index is 0.000000963. The van der Waals surface area contributed by atoms with Crippen LogP contribution in [0, 0.1) is 23.2 Å². The number of hydrogen-bond acceptors (Lipinski definition) is 2. The molecule has 0 aromatic heterocycles. The van der Waals surface area contributed by atoms with Gasteiger partial charge in [-0.05, 0) is 61.7 Å². The van der Waals surface area contributed by atoms with Crippen molar-refractivity contribution in [3.05, 3.63) is 0 Å². The van der Waals surface area contributed by atoms with Crippen molar-refractivity contribution in [1.82, 2.24) is 5.32 Å². The Bertz CT molecular complexity index is 209. The van der Waals surface area contributed by atoms with Crippen LogP contribution >= 0.6 is 12.4 Å². The van der Waals surface area contributed by atoms with Crippen LogP contribution in [0.4, 0.5) is 0 Å². The van der Waals surface area contributed by atoms with Gasteiger partial charge in [-0.3, -0.25) is 0 Å². The normalized spacial score (nSPS) is 44.4. The fraction of sp³-hybridized carbons (Fsp3) is 1.00. The molecule has 0 aromatic rings. The molecule has 3 heteroatoms. The Kier molecular flexibility index (Phi) is 3.82. The molecule has 4 saturated carbocycles. The van der Waals surface area contributed by atoms with Crippen LogP contribution in [0.15, 0.2) is 0 Å². The molecule has 0 aromatic carbocycles. The average molecular weight is 246 g/mol. The predicted molar refractivity (Wildman–Crippen MR) is 67.8 cm³/mol. The molecule has 0 atom stereocenters. The number of nitrogens with one attached hydrogen (secondary N) is 1. The molecule has 4 aliphatic carbocycles. The highest BCUT2D eigenvalue weighted by Crippen LogP contribution is 2.59. The first kappa shape index (κ1) is 12.7. The molecule has 0 unspecified atom stereocenters. The highest BCUT2D eigenvalue weighted by Gasteiger charge is 2.50. The monoisotopic (exact) mass is 245 g/mol. The third-order valence-corrected chi connectivity index (χ3v) is 4.95. The van der Waals surface area contributed by atoms with Gasteiger partial charge in [0.05, 0.1) is 6.61 Å². The van der Waals surface area contributed by atoms with Crippen LogP contribution in [0.1, 0.15) is 38.5 Å². The lowest BCUT2D eigenvalue weighted by atomic mass is 9.49. The van der Waals surface area contributed by atoms with Crippen LogP contribution in [0.3, 0.4) is 0 Å². The largest absolute Gasteiger partial charge is 0.395 e. The smallest absolute Gasteiger partial charge is 0.0555 e. The van der Waals surface area contributed by atoms with E-state index in [0.29, 0.717) is 5.41 Å². The Morgan fingerprint density at radius 2 is 1.50 bits per heavy atom. The molecule has 0 amide bonds. The summed E-state index contributed by atoms with van der Waals surface area (Å²) in [6.45, 7) is 2.23. The van der Waals surface area contributed by atoms with Gasteiger partial charge in [0.15, 0.2) is 0 Å². The number of aliphatic hydroxyl groups is 1. The highest BCUT2D eigenvalue weighted by molar-refractivity contribution is 5.85. The molecule has 0 aliphatic heterocycles. The summed E-state index contributed by atoms with van der Waals surface area (Å²) in [5.41, 5.74) is 0.629. The summed E-state index contributed by atoms with van der Waals surface area (Å²) < 4.78 is 0. The zero-order valence-corrected chi connectivity index (χ0v) is 10.8. The van der Waals surface area contributed by atoms with E-state index in [-0.39, 0.29) is 19.0 Å². The average Bonchev–Trinajstić information content (AvgIpc) is 2.15. The lowest BCUT2D eigenvalue weighted by molar-refractivity contribution is -0.0514. The lowest BCUT2D eigenvalue weighted by Crippen LogP contribution is -2.50. The van der Waals surface area contributed by atoms with Gasteiger partial charge < -0.3 is 10.4 Å². The third kappa shape index (κ3) is 2.25. The third-order valence-electron chi connectivity index (χ3n) is 4.95. The summed E-state index contributed by atoms with van der Waals surface area (Å²) in [7, 11) is 0. The van der Waals surface area contributed by atoms with E-state index in [1.807, 2.05) is 0 Å². The van der Waals surface area contributed by atoms with Gasteiger partial charge in [0.2, 0.25) is 0 Å². The topological polar surface area (TPSA) is 32.3 Å². The number of rotatable bonds is 4. The van der Waals surface area contributed by atoms with Gasteiger partial charge in [-0.1, -0.05) is 0 Å². The second-order valence-electron chi connectivity index (χ2n) is 6.32. The number of hydrogen-bond donors (Lipinski definition) is 2. The predicted octanol–water partition coefficient (Wildman–Crippen LogP) is 2.21. The molecule has 94 valence electrons. The van der Waals surface area contributed by atoms with Crippen molar-refractivity contribution < 1.29 is 5.11 Å². The van der Waals surface area contributed by atoms with E-state index in [1.165, 1.54) is 38.5 Å². The van der Waals surface area contributed by atoms with Crippen LogP contribution in [0.25, 0.3) is 0 Å². The molecule has 16 heavy (non-hydrogen) atoms. The van der Waals surface area contributed by atoms with Gasteiger partial charge in [0.25, 0.3) is 0 Å². The molecule has 0 heterocycles. The van der Waals surface area contributed by atoms with E-state index in [9.17, 15) is 0 Å². The van der Waals surface area contributed by atoms with E-state index < -0.39 is 0 Å². The minimum absolute atomic E-state index is 0. The van der Waals surface area contributed by atoms with Gasteiger partial charge in [-0.25, -0.2) is 0 Å². The molecule has 0 radical (unpaired) electrons. The lowest BCUT2D eigenvalue weighted by Gasteiger charge is -2.57. The molecular weight excluding hydrogens is 222 g/mol. The van der Waals surface area contributed by atoms with Gasteiger partial charge in [-0.2, -0.15) is 0 Å². The summed E-state index contributed by atoms with van der Waals surface area (Å²) in [4.78, 5) is 0. The second kappa shape index (κ2) is 4.83. The molecule has 2 N–H and O–H groups in total. The van der Waals surface area contributed by atoms with Crippen molar-refractivity contribution in [2.45, 2.75) is 38.5 Å². The molecule has 2 nitrogen and oxygen atoms in total. The van der Waals surface area contributed by atoms with E-state index in [2.05, 4.69) is 5.32 Å². The molecule has 4 fully saturated rings. The zero-order valence-electron chi connectivity index (χ0n) is 9.95. The maximum atomic E-state index is 8.82. The van der Waals surface area contributed by atoms with Crippen molar-refractivity contribution in [1.29, 1.82) is 0 Å². The Morgan fingerprint density at radius 1 is 1.00 bits per heavy atom. The van der Waals surface area contributed by atoms with Crippen LogP contribution in [0.2, 0.25) is 0 Å². The van der Waals surface area contributed by atoms with Crippen LogP contribution in [-0.4, -0.2) is 24.8 Å². The van der Waals surface area contributed by atoms with Crippen molar-refractivity contribution >= 4 is 12.4 Å². The van der Waals surface area contributed by atoms with Gasteiger partial charge in [-0.15, -0.1) is 12.4 Å². The summed E-state index contributed by atoms with van der Waals surface area (Å²) in [5, 5.41) is 12.3. The molecule has 4 aliphatic rings. The minimum atomic E-state index is 0. The van der Waals surface area contributed by atoms with Gasteiger partial charge in [0, 0.05) is 13.1 Å². The van der Waals surface area contributed by atoms with Crippen molar-refractivity contribution in [3.63, 3.8) is 0 Å². The van der Waals surface area contributed by atoms with Crippen molar-refractivity contribution in [2.75, 3.05) is 19.7 Å². The maximum absolute atomic E-state index is 8.82. The molecule has 4 rings (SSSR count). The highest BCUT2D eigenvalue weighted by atomic mass is 35.5. The fourth-order valence-corrected chi connectivity index (χ4v) is 4.94. The Hall–Kier alpha value is 0.210. The first-order chi connectivity index (χ1) is 7.30. The second-order valence-corrected chi connectivity index (χ2v) is 6.32. The molecular formula is C13H24ClNO. The summed E-state index contributed by atoms with van der Waals surface area (Å²) in [6.07, 6.45) is 8.99. The first-order valence-electron chi connectivity index (χ1n) is 6.61. The van der Waals surface area contributed by atoms with Crippen LogP contribution in [-0.2, 0) is 0 Å². The SMILES string of the molecule is Cl.OCCNCC12CC3CC(CC(C3)C1)C2. The Labute approximate surface area is 105 Å². The van der Waals surface area contributed by atoms with Crippen LogP contribution in [0.5, 0.6) is 0 Å². The molecule has 0 saturated heterocycles. The zero-order chi connectivity index (χ0) is 10.3. The number of halogens is 1.